The number of esters is 1. The van der Waals surface area contributed by atoms with Gasteiger partial charge in [-0.25, -0.2) is 18.0 Å². The van der Waals surface area contributed by atoms with E-state index in [1.54, 1.807) is 0 Å². The van der Waals surface area contributed by atoms with Crippen molar-refractivity contribution in [3.05, 3.63) is 0 Å². The van der Waals surface area contributed by atoms with Gasteiger partial charge in [-0.15, -0.1) is 0 Å². The third-order valence-electron chi connectivity index (χ3n) is 2.90. The number of hydrogen-bond donors (Lipinski definition) is 1. The highest BCUT2D eigenvalue weighted by atomic mass is 19.3. The summed E-state index contributed by atoms with van der Waals surface area (Å²) in [7, 11) is 1.00. The van der Waals surface area contributed by atoms with Crippen LogP contribution in [-0.2, 0) is 14.3 Å². The van der Waals surface area contributed by atoms with E-state index in [1.165, 1.54) is 27.7 Å². The summed E-state index contributed by atoms with van der Waals surface area (Å²) in [6.07, 6.45) is -5.40. The maximum atomic E-state index is 13.7. The lowest BCUT2D eigenvalue weighted by Crippen LogP contribution is -2.45. The number of methoxy groups -OCH3 is 1. The van der Waals surface area contributed by atoms with E-state index in [9.17, 15) is 23.1 Å². The summed E-state index contributed by atoms with van der Waals surface area (Å²) >= 11 is 0. The van der Waals surface area contributed by atoms with Gasteiger partial charge in [-0.2, -0.15) is 0 Å². The van der Waals surface area contributed by atoms with Crippen LogP contribution in [-0.4, -0.2) is 49.1 Å². The van der Waals surface area contributed by atoms with Gasteiger partial charge < -0.3 is 14.6 Å². The van der Waals surface area contributed by atoms with Crippen molar-refractivity contribution in [3.63, 3.8) is 0 Å². The molecule has 0 spiro atoms. The van der Waals surface area contributed by atoms with E-state index in [0.717, 1.165) is 7.11 Å². The molecule has 4 nitrogen and oxygen atoms in total. The second-order valence-electron chi connectivity index (χ2n) is 5.39. The minimum absolute atomic E-state index is 0.504. The number of halogens is 3. The minimum Gasteiger partial charge on any atom is -0.467 e. The first kappa shape index (κ1) is 19.2. The van der Waals surface area contributed by atoms with Gasteiger partial charge in [0.1, 0.15) is 18.8 Å². The molecule has 0 amide bonds. The first-order valence-corrected chi connectivity index (χ1v) is 6.44. The molecule has 3 unspecified atom stereocenters. The van der Waals surface area contributed by atoms with Crippen LogP contribution in [0.4, 0.5) is 13.2 Å². The van der Waals surface area contributed by atoms with Crippen LogP contribution >= 0.6 is 0 Å². The molecule has 0 aromatic rings. The second kappa shape index (κ2) is 7.83. The van der Waals surface area contributed by atoms with Crippen molar-refractivity contribution in [2.24, 2.45) is 11.8 Å². The Morgan fingerprint density at radius 1 is 1.20 bits per heavy atom. The van der Waals surface area contributed by atoms with Gasteiger partial charge in [0.25, 0.3) is 5.92 Å². The number of rotatable bonds is 8. The number of aliphatic hydroxyl groups excluding tert-OH is 1. The fourth-order valence-corrected chi connectivity index (χ4v) is 1.64. The molecule has 0 aliphatic carbocycles. The summed E-state index contributed by atoms with van der Waals surface area (Å²) < 4.78 is 50.1. The van der Waals surface area contributed by atoms with Crippen LogP contribution in [0.25, 0.3) is 0 Å². The second-order valence-corrected chi connectivity index (χ2v) is 5.39. The molecule has 0 fully saturated rings. The quantitative estimate of drug-likeness (QED) is 0.698. The van der Waals surface area contributed by atoms with Crippen LogP contribution in [0, 0.1) is 11.8 Å². The van der Waals surface area contributed by atoms with Crippen molar-refractivity contribution in [2.45, 2.75) is 52.0 Å². The first-order chi connectivity index (χ1) is 9.04. The number of hydrogen-bond acceptors (Lipinski definition) is 4. The zero-order valence-corrected chi connectivity index (χ0v) is 12.4. The maximum Gasteiger partial charge on any atom is 0.343 e. The molecule has 0 saturated heterocycles. The number of alkyl halides is 3. The van der Waals surface area contributed by atoms with Crippen LogP contribution < -0.4 is 0 Å². The third-order valence-corrected chi connectivity index (χ3v) is 2.90. The Hall–Kier alpha value is -0.820. The topological polar surface area (TPSA) is 55.8 Å². The fourth-order valence-electron chi connectivity index (χ4n) is 1.64. The highest BCUT2D eigenvalue weighted by Crippen LogP contribution is 2.26. The predicted octanol–water partition coefficient (Wildman–Crippen LogP) is 2.19. The van der Waals surface area contributed by atoms with Crippen molar-refractivity contribution in [1.29, 1.82) is 0 Å². The Kier molecular flexibility index (Phi) is 7.51. The number of ether oxygens (including phenoxy) is 2. The van der Waals surface area contributed by atoms with Crippen molar-refractivity contribution in [1.82, 2.24) is 0 Å². The van der Waals surface area contributed by atoms with Gasteiger partial charge >= 0.3 is 5.97 Å². The van der Waals surface area contributed by atoms with Crippen molar-refractivity contribution in [3.8, 4) is 0 Å². The predicted molar refractivity (Wildman–Crippen MR) is 67.3 cm³/mol. The Morgan fingerprint density at radius 3 is 2.05 bits per heavy atom. The summed E-state index contributed by atoms with van der Waals surface area (Å²) in [6.45, 7) is 4.79. The SMILES string of the molecule is COC(=O)C(F)C(OCC(F)(F)C(O)C(C)C)C(C)C. The highest BCUT2D eigenvalue weighted by molar-refractivity contribution is 5.75. The van der Waals surface area contributed by atoms with E-state index < -0.39 is 48.7 Å². The zero-order valence-electron chi connectivity index (χ0n) is 12.4. The molecule has 0 aromatic carbocycles. The fraction of sp³-hybridized carbons (Fsp3) is 0.923. The molecule has 0 rings (SSSR count). The Bertz CT molecular complexity index is 308. The van der Waals surface area contributed by atoms with Crippen LogP contribution in [0.3, 0.4) is 0 Å². The summed E-state index contributed by atoms with van der Waals surface area (Å²) in [6, 6.07) is 0. The average molecular weight is 300 g/mol. The molecule has 0 aromatic heterocycles. The largest absolute Gasteiger partial charge is 0.467 e. The molecule has 0 heterocycles. The molecule has 1 N–H and O–H groups in total. The van der Waals surface area contributed by atoms with E-state index in [2.05, 4.69) is 4.74 Å². The lowest BCUT2D eigenvalue weighted by molar-refractivity contribution is -0.189. The van der Waals surface area contributed by atoms with Gasteiger partial charge in [-0.1, -0.05) is 27.7 Å². The van der Waals surface area contributed by atoms with Gasteiger partial charge in [0.15, 0.2) is 0 Å². The third kappa shape index (κ3) is 5.28. The van der Waals surface area contributed by atoms with Crippen LogP contribution in [0.15, 0.2) is 0 Å². The van der Waals surface area contributed by atoms with E-state index in [4.69, 9.17) is 4.74 Å². The zero-order chi connectivity index (χ0) is 16.1. The maximum absolute atomic E-state index is 13.7. The normalized spacial score (nSPS) is 17.1. The van der Waals surface area contributed by atoms with Crippen LogP contribution in [0.1, 0.15) is 27.7 Å². The number of aliphatic hydroxyl groups is 1. The van der Waals surface area contributed by atoms with Gasteiger partial charge in [0, 0.05) is 0 Å². The summed E-state index contributed by atoms with van der Waals surface area (Å²) in [5, 5.41) is 9.38. The molecule has 3 atom stereocenters. The number of carbonyl (C=O) groups excluding carboxylic acids is 1. The molecular weight excluding hydrogens is 277 g/mol. The van der Waals surface area contributed by atoms with Crippen molar-refractivity contribution >= 4 is 5.97 Å². The number of carbonyl (C=O) groups is 1. The minimum atomic E-state index is -3.52. The summed E-state index contributed by atoms with van der Waals surface area (Å²) in [5.74, 6) is -5.86. The Balaban J connectivity index is 4.75. The van der Waals surface area contributed by atoms with Gasteiger partial charge in [-0.05, 0) is 11.8 Å². The first-order valence-electron chi connectivity index (χ1n) is 6.44. The van der Waals surface area contributed by atoms with E-state index in [0.29, 0.717) is 0 Å². The highest BCUT2D eigenvalue weighted by Gasteiger charge is 2.43. The molecule has 0 bridgehead atoms. The Morgan fingerprint density at radius 2 is 1.70 bits per heavy atom. The molecule has 7 heteroatoms. The summed E-state index contributed by atoms with van der Waals surface area (Å²) in [5.41, 5.74) is 0. The van der Waals surface area contributed by atoms with Crippen LogP contribution in [0.2, 0.25) is 0 Å². The van der Waals surface area contributed by atoms with Crippen molar-refractivity contribution < 1.29 is 32.5 Å². The van der Waals surface area contributed by atoms with Crippen molar-refractivity contribution in [2.75, 3.05) is 13.7 Å². The monoisotopic (exact) mass is 300 g/mol. The lowest BCUT2D eigenvalue weighted by atomic mass is 10.0. The summed E-state index contributed by atoms with van der Waals surface area (Å²) in [4.78, 5) is 11.1. The van der Waals surface area contributed by atoms with Gasteiger partial charge in [0.05, 0.1) is 7.11 Å². The smallest absolute Gasteiger partial charge is 0.343 e. The van der Waals surface area contributed by atoms with Gasteiger partial charge in [-0.3, -0.25) is 0 Å². The van der Waals surface area contributed by atoms with Gasteiger partial charge in [0.2, 0.25) is 6.17 Å². The molecule has 20 heavy (non-hydrogen) atoms. The van der Waals surface area contributed by atoms with E-state index in [1.807, 2.05) is 0 Å². The van der Waals surface area contributed by atoms with Crippen LogP contribution in [0.5, 0.6) is 0 Å². The molecule has 0 radical (unpaired) electrons. The molecular formula is C13H23F3O4. The standard InChI is InChI=1S/C13H23F3O4/c1-7(2)10(9(14)12(18)19-5)20-6-13(15,16)11(17)8(3)4/h7-11,17H,6H2,1-5H3. The lowest BCUT2D eigenvalue weighted by Gasteiger charge is -2.29. The Labute approximate surface area is 117 Å². The van der Waals surface area contributed by atoms with E-state index in [-0.39, 0.29) is 0 Å². The average Bonchev–Trinajstić information content (AvgIpc) is 2.35. The molecule has 0 aliphatic rings. The molecule has 120 valence electrons. The molecule has 0 aliphatic heterocycles. The molecule has 0 saturated carbocycles. The van der Waals surface area contributed by atoms with E-state index >= 15 is 0 Å².